The summed E-state index contributed by atoms with van der Waals surface area (Å²) in [6.07, 6.45) is -0.613. The summed E-state index contributed by atoms with van der Waals surface area (Å²) in [5, 5.41) is 0. The Morgan fingerprint density at radius 2 is 2.00 bits per heavy atom. The van der Waals surface area contributed by atoms with Gasteiger partial charge in [0.2, 0.25) is 6.79 Å². The summed E-state index contributed by atoms with van der Waals surface area (Å²) < 4.78 is 16.0. The fourth-order valence-electron chi connectivity index (χ4n) is 1.94. The Kier molecular flexibility index (Phi) is 4.14. The van der Waals surface area contributed by atoms with E-state index in [1.807, 2.05) is 39.0 Å². The summed E-state index contributed by atoms with van der Waals surface area (Å²) in [7, 11) is 0. The fraction of sp³-hybridized carbons (Fsp3) is 0.500. The van der Waals surface area contributed by atoms with E-state index in [1.54, 1.807) is 4.90 Å². The van der Waals surface area contributed by atoms with E-state index in [1.165, 1.54) is 0 Å². The van der Waals surface area contributed by atoms with E-state index < -0.39 is 0 Å². The molecular weight excluding hydrogens is 246 g/mol. The van der Waals surface area contributed by atoms with Gasteiger partial charge in [-0.05, 0) is 38.5 Å². The topological polar surface area (TPSA) is 48.0 Å². The molecule has 0 aliphatic carbocycles. The van der Waals surface area contributed by atoms with Crippen LogP contribution in [0.5, 0.6) is 11.5 Å². The first-order valence-corrected chi connectivity index (χ1v) is 6.50. The van der Waals surface area contributed by atoms with E-state index in [9.17, 15) is 4.79 Å². The molecule has 1 aromatic carbocycles. The van der Waals surface area contributed by atoms with Gasteiger partial charge in [-0.2, -0.15) is 0 Å². The zero-order valence-corrected chi connectivity index (χ0v) is 11.5. The molecule has 1 unspecified atom stereocenters. The molecule has 1 atom stereocenters. The van der Waals surface area contributed by atoms with Crippen LogP contribution in [-0.2, 0) is 4.74 Å². The van der Waals surface area contributed by atoms with E-state index in [-0.39, 0.29) is 19.0 Å². The molecule has 0 bridgehead atoms. The lowest BCUT2D eigenvalue weighted by Crippen LogP contribution is -2.31. The Bertz CT molecular complexity index is 457. The van der Waals surface area contributed by atoms with Crippen LogP contribution in [0, 0.1) is 0 Å². The Balaban J connectivity index is 2.03. The second-order valence-corrected chi connectivity index (χ2v) is 4.31. The molecule has 0 spiro atoms. The largest absolute Gasteiger partial charge is 0.454 e. The van der Waals surface area contributed by atoms with Gasteiger partial charge < -0.3 is 19.1 Å². The highest BCUT2D eigenvalue weighted by molar-refractivity contribution is 5.67. The Hall–Kier alpha value is -1.91. The highest BCUT2D eigenvalue weighted by Crippen LogP contribution is 2.34. The van der Waals surface area contributed by atoms with Gasteiger partial charge in [0, 0.05) is 13.1 Å². The molecule has 104 valence electrons. The molecule has 0 radical (unpaired) electrons. The molecule has 0 saturated carbocycles. The third-order valence-corrected chi connectivity index (χ3v) is 3.17. The quantitative estimate of drug-likeness (QED) is 0.839. The first kappa shape index (κ1) is 13.5. The number of nitrogens with zero attached hydrogens (tertiary/aromatic N) is 1. The predicted octanol–water partition coefficient (Wildman–Crippen LogP) is 2.95. The molecule has 5 heteroatoms. The second kappa shape index (κ2) is 5.82. The number of fused-ring (bicyclic) bond motifs is 1. The minimum atomic E-state index is -0.317. The molecule has 0 fully saturated rings. The minimum absolute atomic E-state index is 0.242. The molecule has 1 aliphatic heterocycles. The summed E-state index contributed by atoms with van der Waals surface area (Å²) in [5.74, 6) is 1.43. The van der Waals surface area contributed by atoms with Crippen LogP contribution in [0.15, 0.2) is 18.2 Å². The number of carbonyl (C=O) groups is 1. The third kappa shape index (κ3) is 2.92. The van der Waals surface area contributed by atoms with Crippen LogP contribution in [0.3, 0.4) is 0 Å². The molecule has 1 heterocycles. The average molecular weight is 265 g/mol. The van der Waals surface area contributed by atoms with Gasteiger partial charge in [-0.3, -0.25) is 0 Å². The molecule has 0 aromatic heterocycles. The molecule has 1 amide bonds. The van der Waals surface area contributed by atoms with Gasteiger partial charge in [-0.15, -0.1) is 0 Å². The van der Waals surface area contributed by atoms with Gasteiger partial charge in [0.1, 0.15) is 6.10 Å². The van der Waals surface area contributed by atoms with Crippen molar-refractivity contribution in [3.05, 3.63) is 23.8 Å². The van der Waals surface area contributed by atoms with Crippen molar-refractivity contribution in [2.75, 3.05) is 19.9 Å². The van der Waals surface area contributed by atoms with E-state index in [0.29, 0.717) is 18.8 Å². The van der Waals surface area contributed by atoms with Crippen LogP contribution < -0.4 is 9.47 Å². The van der Waals surface area contributed by atoms with Crippen LogP contribution in [0.25, 0.3) is 0 Å². The van der Waals surface area contributed by atoms with Crippen molar-refractivity contribution in [3.8, 4) is 11.5 Å². The maximum atomic E-state index is 11.9. The lowest BCUT2D eigenvalue weighted by Gasteiger charge is -2.21. The Labute approximate surface area is 113 Å². The van der Waals surface area contributed by atoms with Crippen LogP contribution in [0.4, 0.5) is 4.79 Å². The van der Waals surface area contributed by atoms with Gasteiger partial charge in [-0.25, -0.2) is 4.79 Å². The van der Waals surface area contributed by atoms with E-state index in [4.69, 9.17) is 14.2 Å². The Morgan fingerprint density at radius 1 is 1.32 bits per heavy atom. The molecule has 5 nitrogen and oxygen atoms in total. The lowest BCUT2D eigenvalue weighted by atomic mass is 10.1. The van der Waals surface area contributed by atoms with Crippen molar-refractivity contribution in [3.63, 3.8) is 0 Å². The normalized spacial score (nSPS) is 14.1. The van der Waals surface area contributed by atoms with Crippen molar-refractivity contribution >= 4 is 6.09 Å². The first-order chi connectivity index (χ1) is 9.15. The molecule has 2 rings (SSSR count). The summed E-state index contributed by atoms with van der Waals surface area (Å²) in [6, 6.07) is 5.57. The van der Waals surface area contributed by atoms with E-state index >= 15 is 0 Å². The summed E-state index contributed by atoms with van der Waals surface area (Å²) in [6.45, 7) is 7.23. The highest BCUT2D eigenvalue weighted by atomic mass is 16.7. The summed E-state index contributed by atoms with van der Waals surface area (Å²) in [4.78, 5) is 13.5. The molecule has 1 aliphatic rings. The number of benzene rings is 1. The number of rotatable bonds is 4. The number of amides is 1. The second-order valence-electron chi connectivity index (χ2n) is 4.31. The smallest absolute Gasteiger partial charge is 0.410 e. The van der Waals surface area contributed by atoms with Gasteiger partial charge in [-0.1, -0.05) is 6.07 Å². The molecular formula is C14H19NO4. The van der Waals surface area contributed by atoms with E-state index in [2.05, 4.69) is 0 Å². The predicted molar refractivity (Wildman–Crippen MR) is 70.4 cm³/mol. The molecule has 0 N–H and O–H groups in total. The van der Waals surface area contributed by atoms with Crippen molar-refractivity contribution in [2.45, 2.75) is 26.9 Å². The highest BCUT2D eigenvalue weighted by Gasteiger charge is 2.19. The Morgan fingerprint density at radius 3 is 2.68 bits per heavy atom. The van der Waals surface area contributed by atoms with Gasteiger partial charge in [0.05, 0.1) is 0 Å². The number of ether oxygens (including phenoxy) is 3. The van der Waals surface area contributed by atoms with E-state index in [0.717, 1.165) is 11.3 Å². The van der Waals surface area contributed by atoms with Gasteiger partial charge >= 0.3 is 6.09 Å². The lowest BCUT2D eigenvalue weighted by molar-refractivity contribution is 0.0725. The molecule has 0 saturated heterocycles. The van der Waals surface area contributed by atoms with Crippen molar-refractivity contribution < 1.29 is 19.0 Å². The summed E-state index contributed by atoms with van der Waals surface area (Å²) in [5.41, 5.74) is 0.893. The molecule has 1 aromatic rings. The van der Waals surface area contributed by atoms with Crippen molar-refractivity contribution in [2.24, 2.45) is 0 Å². The molecule has 19 heavy (non-hydrogen) atoms. The fourth-order valence-corrected chi connectivity index (χ4v) is 1.94. The maximum Gasteiger partial charge on any atom is 0.410 e. The number of hydrogen-bond donors (Lipinski definition) is 0. The van der Waals surface area contributed by atoms with Crippen LogP contribution in [-0.4, -0.2) is 30.9 Å². The van der Waals surface area contributed by atoms with Gasteiger partial charge in [0.25, 0.3) is 0 Å². The first-order valence-electron chi connectivity index (χ1n) is 6.50. The third-order valence-electron chi connectivity index (χ3n) is 3.17. The zero-order chi connectivity index (χ0) is 13.8. The monoisotopic (exact) mass is 265 g/mol. The minimum Gasteiger partial charge on any atom is -0.454 e. The van der Waals surface area contributed by atoms with Crippen molar-refractivity contribution in [1.82, 2.24) is 4.90 Å². The number of hydrogen-bond acceptors (Lipinski definition) is 4. The van der Waals surface area contributed by atoms with Crippen molar-refractivity contribution in [1.29, 1.82) is 0 Å². The van der Waals surface area contributed by atoms with Crippen LogP contribution in [0.2, 0.25) is 0 Å². The van der Waals surface area contributed by atoms with Crippen LogP contribution in [0.1, 0.15) is 32.4 Å². The van der Waals surface area contributed by atoms with Gasteiger partial charge in [0.15, 0.2) is 11.5 Å². The summed E-state index contributed by atoms with van der Waals surface area (Å²) >= 11 is 0. The average Bonchev–Trinajstić information content (AvgIpc) is 2.87. The zero-order valence-electron chi connectivity index (χ0n) is 11.5. The van der Waals surface area contributed by atoms with Crippen LogP contribution >= 0.6 is 0 Å². The maximum absolute atomic E-state index is 11.9. The standard InChI is InChI=1S/C14H19NO4/c1-4-15(5-2)14(16)19-10(3)11-6-7-12-13(8-11)18-9-17-12/h6-8,10H,4-5,9H2,1-3H3. The SMILES string of the molecule is CCN(CC)C(=O)OC(C)c1ccc2c(c1)OCO2. The number of carbonyl (C=O) groups excluding carboxylic acids is 1.